The zero-order valence-electron chi connectivity index (χ0n) is 8.83. The molecule has 86 valence electrons. The zero-order chi connectivity index (χ0) is 11.5. The smallest absolute Gasteiger partial charge is 0.258 e. The second-order valence-corrected chi connectivity index (χ2v) is 4.27. The van der Waals surface area contributed by atoms with Crippen LogP contribution in [-0.4, -0.2) is 21.3 Å². The van der Waals surface area contributed by atoms with Gasteiger partial charge >= 0.3 is 0 Å². The number of nitrogens with two attached hydrogens (primary N) is 1. The quantitative estimate of drug-likeness (QED) is 0.845. The van der Waals surface area contributed by atoms with Gasteiger partial charge in [-0.15, -0.1) is 0 Å². The fourth-order valence-electron chi connectivity index (χ4n) is 1.27. The lowest BCUT2D eigenvalue weighted by molar-refractivity contribution is 0.132. The molecule has 3 N–H and O–H groups in total. The summed E-state index contributed by atoms with van der Waals surface area (Å²) in [5.41, 5.74) is 6.57. The Balaban J connectivity index is 2.20. The Kier molecular flexibility index (Phi) is 3.33. The van der Waals surface area contributed by atoms with Gasteiger partial charge in [-0.3, -0.25) is 0 Å². The zero-order valence-corrected chi connectivity index (χ0v) is 9.65. The molecule has 6 heteroatoms. The molecule has 0 aliphatic carbocycles. The van der Waals surface area contributed by atoms with Crippen LogP contribution >= 0.6 is 11.3 Å². The van der Waals surface area contributed by atoms with Crippen molar-refractivity contribution in [2.45, 2.75) is 25.5 Å². The van der Waals surface area contributed by atoms with Crippen LogP contribution in [0.15, 0.2) is 21.3 Å². The van der Waals surface area contributed by atoms with Gasteiger partial charge in [0.2, 0.25) is 5.82 Å². The van der Waals surface area contributed by atoms with Crippen LogP contribution in [0.25, 0.3) is 11.5 Å². The van der Waals surface area contributed by atoms with Crippen LogP contribution in [-0.2, 0) is 0 Å². The minimum atomic E-state index is -0.874. The maximum Gasteiger partial charge on any atom is 0.258 e. The van der Waals surface area contributed by atoms with Gasteiger partial charge in [-0.2, -0.15) is 16.3 Å². The van der Waals surface area contributed by atoms with Crippen LogP contribution in [0.2, 0.25) is 0 Å². The van der Waals surface area contributed by atoms with Crippen LogP contribution in [0.3, 0.4) is 0 Å². The van der Waals surface area contributed by atoms with Gasteiger partial charge in [0.25, 0.3) is 5.89 Å². The average molecular weight is 239 g/mol. The van der Waals surface area contributed by atoms with E-state index in [9.17, 15) is 5.11 Å². The lowest BCUT2D eigenvalue weighted by Crippen LogP contribution is -2.28. The highest BCUT2D eigenvalue weighted by atomic mass is 32.1. The molecule has 0 saturated carbocycles. The maximum absolute atomic E-state index is 9.79. The summed E-state index contributed by atoms with van der Waals surface area (Å²) in [5.74, 6) is 0.661. The van der Waals surface area contributed by atoms with Gasteiger partial charge in [0.05, 0.1) is 5.56 Å². The van der Waals surface area contributed by atoms with Crippen molar-refractivity contribution in [3.05, 3.63) is 22.7 Å². The Labute approximate surface area is 96.9 Å². The second kappa shape index (κ2) is 4.73. The standard InChI is InChI=1S/C10H13N3O2S/c1-2-7(11)8(14)9-12-10(15-13-9)6-3-4-16-5-6/h3-5,7-8,14H,2,11H2,1H3/t7?,8-/m0/s1. The highest BCUT2D eigenvalue weighted by Crippen LogP contribution is 2.22. The van der Waals surface area contributed by atoms with E-state index in [1.165, 1.54) is 0 Å². The van der Waals surface area contributed by atoms with Gasteiger partial charge < -0.3 is 15.4 Å². The fraction of sp³-hybridized carbons (Fsp3) is 0.400. The van der Waals surface area contributed by atoms with Crippen LogP contribution < -0.4 is 5.73 Å². The molecule has 0 fully saturated rings. The fourth-order valence-corrected chi connectivity index (χ4v) is 1.90. The molecule has 16 heavy (non-hydrogen) atoms. The Morgan fingerprint density at radius 3 is 3.06 bits per heavy atom. The lowest BCUT2D eigenvalue weighted by atomic mass is 10.1. The van der Waals surface area contributed by atoms with Crippen molar-refractivity contribution in [3.8, 4) is 11.5 Å². The van der Waals surface area contributed by atoms with E-state index >= 15 is 0 Å². The van der Waals surface area contributed by atoms with Gasteiger partial charge in [-0.25, -0.2) is 0 Å². The number of nitrogens with zero attached hydrogens (tertiary/aromatic N) is 2. The molecule has 0 amide bonds. The number of aliphatic hydroxyl groups excluding tert-OH is 1. The van der Waals surface area contributed by atoms with Crippen LogP contribution in [0.4, 0.5) is 0 Å². The summed E-state index contributed by atoms with van der Waals surface area (Å²) in [6.07, 6.45) is -0.218. The molecule has 0 aromatic carbocycles. The number of hydrogen-bond donors (Lipinski definition) is 2. The topological polar surface area (TPSA) is 85.2 Å². The summed E-state index contributed by atoms with van der Waals surface area (Å²) in [6, 6.07) is 1.52. The molecule has 2 rings (SSSR count). The molecular formula is C10H13N3O2S. The molecule has 0 spiro atoms. The number of hydrogen-bond acceptors (Lipinski definition) is 6. The van der Waals surface area contributed by atoms with E-state index in [4.69, 9.17) is 10.3 Å². The van der Waals surface area contributed by atoms with Crippen molar-refractivity contribution in [2.75, 3.05) is 0 Å². The molecule has 2 aromatic heterocycles. The summed E-state index contributed by atoms with van der Waals surface area (Å²) in [7, 11) is 0. The van der Waals surface area contributed by atoms with Gasteiger partial charge in [-0.05, 0) is 17.9 Å². The first kappa shape index (κ1) is 11.3. The Bertz CT molecular complexity index is 441. The highest BCUT2D eigenvalue weighted by Gasteiger charge is 2.21. The van der Waals surface area contributed by atoms with Crippen molar-refractivity contribution in [2.24, 2.45) is 5.73 Å². The second-order valence-electron chi connectivity index (χ2n) is 3.49. The van der Waals surface area contributed by atoms with Crippen molar-refractivity contribution >= 4 is 11.3 Å². The van der Waals surface area contributed by atoms with E-state index in [0.717, 1.165) is 5.56 Å². The molecule has 2 aromatic rings. The third kappa shape index (κ3) is 2.13. The van der Waals surface area contributed by atoms with Crippen molar-refractivity contribution in [1.82, 2.24) is 10.1 Å². The summed E-state index contributed by atoms with van der Waals surface area (Å²) < 4.78 is 5.05. The molecule has 2 heterocycles. The lowest BCUT2D eigenvalue weighted by Gasteiger charge is -2.12. The molecule has 0 aliphatic heterocycles. The SMILES string of the molecule is CCC(N)[C@H](O)c1noc(-c2ccsc2)n1. The van der Waals surface area contributed by atoms with Gasteiger partial charge in [0.15, 0.2) is 0 Å². The van der Waals surface area contributed by atoms with E-state index < -0.39 is 6.10 Å². The van der Waals surface area contributed by atoms with E-state index in [1.807, 2.05) is 23.8 Å². The Morgan fingerprint density at radius 2 is 2.44 bits per heavy atom. The summed E-state index contributed by atoms with van der Waals surface area (Å²) in [5, 5.41) is 17.4. The molecule has 0 radical (unpaired) electrons. The minimum absolute atomic E-state index is 0.246. The van der Waals surface area contributed by atoms with Gasteiger partial charge in [-0.1, -0.05) is 12.1 Å². The number of rotatable bonds is 4. The van der Waals surface area contributed by atoms with Crippen LogP contribution in [0.5, 0.6) is 0 Å². The van der Waals surface area contributed by atoms with Crippen molar-refractivity contribution in [1.29, 1.82) is 0 Å². The molecular weight excluding hydrogens is 226 g/mol. The third-order valence-electron chi connectivity index (χ3n) is 2.35. The first-order valence-electron chi connectivity index (χ1n) is 5.02. The summed E-state index contributed by atoms with van der Waals surface area (Å²) >= 11 is 1.55. The summed E-state index contributed by atoms with van der Waals surface area (Å²) in [6.45, 7) is 1.90. The van der Waals surface area contributed by atoms with Crippen molar-refractivity contribution < 1.29 is 9.63 Å². The predicted octanol–water partition coefficient (Wildman–Crippen LogP) is 1.57. The van der Waals surface area contributed by atoms with Gasteiger partial charge in [0.1, 0.15) is 6.10 Å². The first-order valence-corrected chi connectivity index (χ1v) is 5.96. The van der Waals surface area contributed by atoms with Crippen LogP contribution in [0, 0.1) is 0 Å². The molecule has 0 bridgehead atoms. The number of aliphatic hydroxyl groups is 1. The van der Waals surface area contributed by atoms with E-state index in [2.05, 4.69) is 10.1 Å². The third-order valence-corrected chi connectivity index (χ3v) is 3.03. The van der Waals surface area contributed by atoms with Crippen molar-refractivity contribution in [3.63, 3.8) is 0 Å². The van der Waals surface area contributed by atoms with Crippen LogP contribution in [0.1, 0.15) is 25.3 Å². The van der Waals surface area contributed by atoms with Gasteiger partial charge in [0, 0.05) is 11.4 Å². The largest absolute Gasteiger partial charge is 0.383 e. The summed E-state index contributed by atoms with van der Waals surface area (Å²) in [4.78, 5) is 4.12. The Hall–Kier alpha value is -1.24. The maximum atomic E-state index is 9.79. The first-order chi connectivity index (χ1) is 7.72. The monoisotopic (exact) mass is 239 g/mol. The predicted molar refractivity (Wildman–Crippen MR) is 60.8 cm³/mol. The van der Waals surface area contributed by atoms with E-state index in [-0.39, 0.29) is 11.9 Å². The molecule has 5 nitrogen and oxygen atoms in total. The normalized spacial score (nSPS) is 14.9. The number of thiophene rings is 1. The molecule has 0 aliphatic rings. The highest BCUT2D eigenvalue weighted by molar-refractivity contribution is 7.08. The van der Waals surface area contributed by atoms with E-state index in [0.29, 0.717) is 12.3 Å². The molecule has 0 saturated heterocycles. The molecule has 1 unspecified atom stereocenters. The Morgan fingerprint density at radius 1 is 1.62 bits per heavy atom. The molecule has 2 atom stereocenters. The average Bonchev–Trinajstić information content (AvgIpc) is 2.96. The number of aromatic nitrogens is 2. The minimum Gasteiger partial charge on any atom is -0.383 e. The van der Waals surface area contributed by atoms with E-state index in [1.54, 1.807) is 11.3 Å².